The van der Waals surface area contributed by atoms with Gasteiger partial charge in [0.25, 0.3) is 5.69 Å². The minimum absolute atomic E-state index is 0.121. The summed E-state index contributed by atoms with van der Waals surface area (Å²) < 4.78 is 24.2. The van der Waals surface area contributed by atoms with Gasteiger partial charge in [0.1, 0.15) is 0 Å². The number of aryl methyl sites for hydroxylation is 1. The van der Waals surface area contributed by atoms with Crippen molar-refractivity contribution in [2.75, 3.05) is 0 Å². The zero-order valence-corrected chi connectivity index (χ0v) is 12.8. The molecule has 0 atom stereocenters. The number of nitrogens with zero attached hydrogens (tertiary/aromatic N) is 1. The molecule has 0 aliphatic carbocycles. The van der Waals surface area contributed by atoms with E-state index in [1.165, 1.54) is 24.3 Å². The molecule has 114 valence electrons. The normalized spacial score (nSPS) is 11.7. The third-order valence-electron chi connectivity index (χ3n) is 3.08. The number of hydrogen-bond acceptors (Lipinski definition) is 4. The lowest BCUT2D eigenvalue weighted by molar-refractivity contribution is -0.385. The smallest absolute Gasteiger partial charge is 0.258 e. The van der Waals surface area contributed by atoms with Gasteiger partial charge in [0, 0.05) is 11.5 Å². The second kappa shape index (κ2) is 6.53. The number of nitro groups is 1. The van der Waals surface area contributed by atoms with E-state index in [0.29, 0.717) is 5.56 Å². The number of nitro benzene ring substituents is 1. The number of rotatable bonds is 5. The van der Waals surface area contributed by atoms with Crippen LogP contribution in [0.25, 0.3) is 6.08 Å². The van der Waals surface area contributed by atoms with Crippen LogP contribution in [-0.2, 0) is 15.6 Å². The van der Waals surface area contributed by atoms with Gasteiger partial charge in [0.2, 0.25) is 0 Å². The topological polar surface area (TPSA) is 77.3 Å². The zero-order valence-electron chi connectivity index (χ0n) is 12.0. The molecular weight excluding hydrogens is 302 g/mol. The molecule has 0 aliphatic heterocycles. The van der Waals surface area contributed by atoms with Gasteiger partial charge in [-0.15, -0.1) is 0 Å². The van der Waals surface area contributed by atoms with E-state index in [2.05, 4.69) is 0 Å². The van der Waals surface area contributed by atoms with Crippen molar-refractivity contribution >= 4 is 21.6 Å². The van der Waals surface area contributed by atoms with Gasteiger partial charge in [0.15, 0.2) is 9.84 Å². The van der Waals surface area contributed by atoms with Gasteiger partial charge < -0.3 is 0 Å². The van der Waals surface area contributed by atoms with Crippen molar-refractivity contribution < 1.29 is 13.3 Å². The predicted molar refractivity (Wildman–Crippen MR) is 85.9 cm³/mol. The molecule has 6 heteroatoms. The molecule has 0 heterocycles. The summed E-state index contributed by atoms with van der Waals surface area (Å²) in [5.74, 6) is -0.135. The van der Waals surface area contributed by atoms with Gasteiger partial charge in [-0.25, -0.2) is 8.42 Å². The summed E-state index contributed by atoms with van der Waals surface area (Å²) in [5.41, 5.74) is 1.87. The SMILES string of the molecule is Cc1ccc(CS(=O)(=O)C=Cc2ccccc2[N+](=O)[O-])cc1. The van der Waals surface area contributed by atoms with Gasteiger partial charge in [-0.1, -0.05) is 42.0 Å². The van der Waals surface area contributed by atoms with Crippen molar-refractivity contribution in [1.29, 1.82) is 0 Å². The number of hydrogen-bond donors (Lipinski definition) is 0. The first-order chi connectivity index (χ1) is 10.4. The van der Waals surface area contributed by atoms with E-state index in [1.807, 2.05) is 19.1 Å². The highest BCUT2D eigenvalue weighted by Crippen LogP contribution is 2.20. The Morgan fingerprint density at radius 3 is 2.36 bits per heavy atom. The molecular formula is C16H15NO4S. The van der Waals surface area contributed by atoms with E-state index in [4.69, 9.17) is 0 Å². The van der Waals surface area contributed by atoms with Gasteiger partial charge in [0.05, 0.1) is 16.2 Å². The van der Waals surface area contributed by atoms with Crippen LogP contribution >= 0.6 is 0 Å². The lowest BCUT2D eigenvalue weighted by Gasteiger charge is -2.01. The van der Waals surface area contributed by atoms with Crippen molar-refractivity contribution in [1.82, 2.24) is 0 Å². The highest BCUT2D eigenvalue weighted by atomic mass is 32.2. The van der Waals surface area contributed by atoms with E-state index in [-0.39, 0.29) is 17.0 Å². The average molecular weight is 317 g/mol. The summed E-state index contributed by atoms with van der Waals surface area (Å²) >= 11 is 0. The minimum Gasteiger partial charge on any atom is -0.258 e. The molecule has 2 rings (SSSR count). The average Bonchev–Trinajstić information content (AvgIpc) is 2.48. The van der Waals surface area contributed by atoms with Crippen LogP contribution in [-0.4, -0.2) is 13.3 Å². The van der Waals surface area contributed by atoms with Crippen molar-refractivity contribution in [3.63, 3.8) is 0 Å². The monoisotopic (exact) mass is 317 g/mol. The first-order valence-corrected chi connectivity index (χ1v) is 8.29. The summed E-state index contributed by atoms with van der Waals surface area (Å²) in [7, 11) is -3.49. The Bertz CT molecular complexity index is 808. The van der Waals surface area contributed by atoms with Gasteiger partial charge in [-0.3, -0.25) is 10.1 Å². The van der Waals surface area contributed by atoms with Gasteiger partial charge in [-0.2, -0.15) is 0 Å². The summed E-state index contributed by atoms with van der Waals surface area (Å²) in [6.07, 6.45) is 1.27. The number of para-hydroxylation sites is 1. The maximum absolute atomic E-state index is 12.1. The van der Waals surface area contributed by atoms with Gasteiger partial charge >= 0.3 is 0 Å². The molecule has 2 aromatic carbocycles. The molecule has 2 aromatic rings. The molecule has 0 bridgehead atoms. The lowest BCUT2D eigenvalue weighted by atomic mass is 10.2. The summed E-state index contributed by atoms with van der Waals surface area (Å²) in [5, 5.41) is 11.9. The van der Waals surface area contributed by atoms with E-state index in [9.17, 15) is 18.5 Å². The predicted octanol–water partition coefficient (Wildman–Crippen LogP) is 3.49. The first kappa shape index (κ1) is 15.9. The maximum Gasteiger partial charge on any atom is 0.276 e. The molecule has 0 unspecified atom stereocenters. The Hall–Kier alpha value is -2.47. The molecule has 0 N–H and O–H groups in total. The lowest BCUT2D eigenvalue weighted by Crippen LogP contribution is -2.00. The molecule has 0 fully saturated rings. The first-order valence-electron chi connectivity index (χ1n) is 6.57. The highest BCUT2D eigenvalue weighted by molar-refractivity contribution is 7.93. The van der Waals surface area contributed by atoms with Crippen molar-refractivity contribution in [2.24, 2.45) is 0 Å². The van der Waals surface area contributed by atoms with Crippen LogP contribution in [0.5, 0.6) is 0 Å². The fourth-order valence-corrected chi connectivity index (χ4v) is 3.04. The van der Waals surface area contributed by atoms with E-state index in [0.717, 1.165) is 11.0 Å². The number of sulfone groups is 1. The second-order valence-corrected chi connectivity index (χ2v) is 6.80. The molecule has 0 saturated heterocycles. The minimum atomic E-state index is -3.49. The largest absolute Gasteiger partial charge is 0.276 e. The van der Waals surface area contributed by atoms with Crippen LogP contribution in [0.2, 0.25) is 0 Å². The van der Waals surface area contributed by atoms with E-state index < -0.39 is 14.8 Å². The van der Waals surface area contributed by atoms with Crippen LogP contribution in [0, 0.1) is 17.0 Å². The fourth-order valence-electron chi connectivity index (χ4n) is 1.94. The second-order valence-electron chi connectivity index (χ2n) is 4.91. The Morgan fingerprint density at radius 2 is 1.73 bits per heavy atom. The summed E-state index contributed by atoms with van der Waals surface area (Å²) in [6, 6.07) is 13.2. The van der Waals surface area contributed by atoms with Crippen molar-refractivity contribution in [3.8, 4) is 0 Å². The molecule has 0 radical (unpaired) electrons. The molecule has 0 spiro atoms. The molecule has 22 heavy (non-hydrogen) atoms. The molecule has 0 amide bonds. The Morgan fingerprint density at radius 1 is 1.09 bits per heavy atom. The third-order valence-corrected chi connectivity index (χ3v) is 4.36. The fraction of sp³-hybridized carbons (Fsp3) is 0.125. The third kappa shape index (κ3) is 4.26. The van der Waals surface area contributed by atoms with Crippen LogP contribution in [0.15, 0.2) is 53.9 Å². The Kier molecular flexibility index (Phi) is 4.72. The van der Waals surface area contributed by atoms with Gasteiger partial charge in [-0.05, 0) is 24.6 Å². The standard InChI is InChI=1S/C16H15NO4S/c1-13-6-8-14(9-7-13)12-22(20,21)11-10-15-4-2-3-5-16(15)17(18)19/h2-11H,12H2,1H3. The van der Waals surface area contributed by atoms with Crippen LogP contribution in [0.1, 0.15) is 16.7 Å². The quantitative estimate of drug-likeness (QED) is 0.624. The summed E-state index contributed by atoms with van der Waals surface area (Å²) in [6.45, 7) is 1.92. The van der Waals surface area contributed by atoms with E-state index in [1.54, 1.807) is 18.2 Å². The van der Waals surface area contributed by atoms with Crippen LogP contribution in [0.4, 0.5) is 5.69 Å². The molecule has 5 nitrogen and oxygen atoms in total. The zero-order chi connectivity index (χ0) is 16.2. The van der Waals surface area contributed by atoms with Crippen LogP contribution < -0.4 is 0 Å². The molecule has 0 aliphatic rings. The maximum atomic E-state index is 12.1. The number of benzene rings is 2. The van der Waals surface area contributed by atoms with Crippen LogP contribution in [0.3, 0.4) is 0 Å². The van der Waals surface area contributed by atoms with E-state index >= 15 is 0 Å². The summed E-state index contributed by atoms with van der Waals surface area (Å²) in [4.78, 5) is 10.4. The Balaban J connectivity index is 2.21. The Labute approximate surface area is 129 Å². The van der Waals surface area contributed by atoms with Crippen molar-refractivity contribution in [2.45, 2.75) is 12.7 Å². The molecule has 0 aromatic heterocycles. The van der Waals surface area contributed by atoms with Crippen molar-refractivity contribution in [3.05, 3.63) is 80.7 Å². The highest BCUT2D eigenvalue weighted by Gasteiger charge is 2.12. The molecule has 0 saturated carbocycles.